The SMILES string of the molecule is Cc1ccc(-n2cc(Cl)cc2C(=O)O)c(F)c1. The number of aromatic nitrogens is 1. The predicted molar refractivity (Wildman–Crippen MR) is 62.4 cm³/mol. The number of benzene rings is 1. The van der Waals surface area contributed by atoms with Crippen molar-refractivity contribution in [3.8, 4) is 5.69 Å². The Bertz CT molecular complexity index is 592. The summed E-state index contributed by atoms with van der Waals surface area (Å²) in [4.78, 5) is 11.0. The third kappa shape index (κ3) is 2.17. The number of carboxylic acids is 1. The van der Waals surface area contributed by atoms with Gasteiger partial charge in [-0.15, -0.1) is 0 Å². The minimum atomic E-state index is -1.16. The molecule has 3 nitrogen and oxygen atoms in total. The summed E-state index contributed by atoms with van der Waals surface area (Å²) in [5, 5.41) is 9.24. The number of carbonyl (C=O) groups is 1. The first-order valence-electron chi connectivity index (χ1n) is 4.87. The number of aryl methyl sites for hydroxylation is 1. The molecule has 2 aromatic rings. The zero-order chi connectivity index (χ0) is 12.6. The molecule has 0 fully saturated rings. The first kappa shape index (κ1) is 11.7. The summed E-state index contributed by atoms with van der Waals surface area (Å²) in [5.41, 5.74) is 0.860. The number of hydrogen-bond donors (Lipinski definition) is 1. The smallest absolute Gasteiger partial charge is 0.352 e. The van der Waals surface area contributed by atoms with E-state index < -0.39 is 11.8 Å². The highest BCUT2D eigenvalue weighted by Gasteiger charge is 2.15. The topological polar surface area (TPSA) is 42.2 Å². The van der Waals surface area contributed by atoms with Gasteiger partial charge in [0.05, 0.1) is 10.7 Å². The van der Waals surface area contributed by atoms with Gasteiger partial charge in [-0.05, 0) is 30.7 Å². The van der Waals surface area contributed by atoms with Crippen molar-refractivity contribution in [1.82, 2.24) is 4.57 Å². The van der Waals surface area contributed by atoms with Crippen LogP contribution in [0.1, 0.15) is 16.1 Å². The Hall–Kier alpha value is -1.81. The lowest BCUT2D eigenvalue weighted by Gasteiger charge is -2.07. The van der Waals surface area contributed by atoms with E-state index in [9.17, 15) is 9.18 Å². The maximum absolute atomic E-state index is 13.7. The van der Waals surface area contributed by atoms with Crippen molar-refractivity contribution in [2.75, 3.05) is 0 Å². The van der Waals surface area contributed by atoms with Gasteiger partial charge in [-0.1, -0.05) is 17.7 Å². The lowest BCUT2D eigenvalue weighted by Crippen LogP contribution is -2.07. The first-order chi connectivity index (χ1) is 7.99. The van der Waals surface area contributed by atoms with E-state index in [1.54, 1.807) is 13.0 Å². The van der Waals surface area contributed by atoms with Crippen LogP contribution >= 0.6 is 11.6 Å². The Morgan fingerprint density at radius 2 is 2.12 bits per heavy atom. The highest BCUT2D eigenvalue weighted by molar-refractivity contribution is 6.31. The van der Waals surface area contributed by atoms with Crippen molar-refractivity contribution >= 4 is 17.6 Å². The van der Waals surface area contributed by atoms with E-state index in [0.29, 0.717) is 0 Å². The molecular formula is C12H9ClFNO2. The van der Waals surface area contributed by atoms with Crippen molar-refractivity contribution < 1.29 is 14.3 Å². The maximum atomic E-state index is 13.7. The standard InChI is InChI=1S/C12H9ClFNO2/c1-7-2-3-10(9(14)4-7)15-6-8(13)5-11(15)12(16)17/h2-6H,1H3,(H,16,17). The molecule has 0 saturated heterocycles. The number of hydrogen-bond acceptors (Lipinski definition) is 1. The highest BCUT2D eigenvalue weighted by atomic mass is 35.5. The Labute approximate surface area is 102 Å². The minimum Gasteiger partial charge on any atom is -0.477 e. The molecule has 0 aliphatic carbocycles. The van der Waals surface area contributed by atoms with Crippen LogP contribution in [0.25, 0.3) is 5.69 Å². The molecule has 0 amide bonds. The van der Waals surface area contributed by atoms with Crippen LogP contribution in [0.3, 0.4) is 0 Å². The zero-order valence-electron chi connectivity index (χ0n) is 8.95. The molecule has 0 radical (unpaired) electrons. The molecule has 0 saturated carbocycles. The molecule has 0 aliphatic rings. The summed E-state index contributed by atoms with van der Waals surface area (Å²) >= 11 is 5.74. The van der Waals surface area contributed by atoms with E-state index in [-0.39, 0.29) is 16.4 Å². The first-order valence-corrected chi connectivity index (χ1v) is 5.24. The largest absolute Gasteiger partial charge is 0.477 e. The van der Waals surface area contributed by atoms with Crippen LogP contribution in [0.5, 0.6) is 0 Å². The molecule has 1 N–H and O–H groups in total. The average molecular weight is 254 g/mol. The van der Waals surface area contributed by atoms with Gasteiger partial charge in [0.2, 0.25) is 0 Å². The Morgan fingerprint density at radius 1 is 1.41 bits per heavy atom. The highest BCUT2D eigenvalue weighted by Crippen LogP contribution is 2.22. The molecule has 88 valence electrons. The van der Waals surface area contributed by atoms with Crippen molar-refractivity contribution in [2.45, 2.75) is 6.92 Å². The van der Waals surface area contributed by atoms with Crippen molar-refractivity contribution in [2.24, 2.45) is 0 Å². The van der Waals surface area contributed by atoms with Crippen LogP contribution < -0.4 is 0 Å². The Balaban J connectivity index is 2.63. The molecule has 0 atom stereocenters. The van der Waals surface area contributed by atoms with Gasteiger partial charge in [-0.25, -0.2) is 9.18 Å². The van der Waals surface area contributed by atoms with Gasteiger partial charge >= 0.3 is 5.97 Å². The summed E-state index contributed by atoms with van der Waals surface area (Å²) in [6, 6.07) is 5.85. The van der Waals surface area contributed by atoms with Gasteiger partial charge in [0.1, 0.15) is 11.5 Å². The quantitative estimate of drug-likeness (QED) is 0.892. The van der Waals surface area contributed by atoms with Crippen molar-refractivity contribution in [1.29, 1.82) is 0 Å². The molecule has 0 aliphatic heterocycles. The normalized spacial score (nSPS) is 10.5. The van der Waals surface area contributed by atoms with E-state index in [4.69, 9.17) is 16.7 Å². The summed E-state index contributed by atoms with van der Waals surface area (Å²) in [7, 11) is 0. The summed E-state index contributed by atoms with van der Waals surface area (Å²) < 4.78 is 15.0. The van der Waals surface area contributed by atoms with Crippen LogP contribution in [-0.2, 0) is 0 Å². The second-order valence-corrected chi connectivity index (χ2v) is 4.11. The second kappa shape index (κ2) is 4.22. The Morgan fingerprint density at radius 3 is 2.71 bits per heavy atom. The minimum absolute atomic E-state index is 0.0715. The van der Waals surface area contributed by atoms with E-state index in [0.717, 1.165) is 5.56 Å². The molecule has 1 aromatic heterocycles. The molecule has 0 spiro atoms. The lowest BCUT2D eigenvalue weighted by molar-refractivity contribution is 0.0688. The van der Waals surface area contributed by atoms with Gasteiger partial charge in [0.15, 0.2) is 0 Å². The number of rotatable bonds is 2. The monoisotopic (exact) mass is 253 g/mol. The lowest BCUT2D eigenvalue weighted by atomic mass is 10.2. The van der Waals surface area contributed by atoms with Gasteiger partial charge in [-0.3, -0.25) is 0 Å². The molecule has 1 heterocycles. The maximum Gasteiger partial charge on any atom is 0.352 e. The zero-order valence-corrected chi connectivity index (χ0v) is 9.70. The van der Waals surface area contributed by atoms with Gasteiger partial charge in [0.25, 0.3) is 0 Å². The second-order valence-electron chi connectivity index (χ2n) is 3.67. The van der Waals surface area contributed by atoms with E-state index in [1.807, 2.05) is 0 Å². The summed E-state index contributed by atoms with van der Waals surface area (Å²) in [6.45, 7) is 1.76. The molecule has 2 rings (SSSR count). The summed E-state index contributed by atoms with van der Waals surface area (Å²) in [6.07, 6.45) is 1.37. The third-order valence-corrected chi connectivity index (χ3v) is 2.58. The molecule has 17 heavy (non-hydrogen) atoms. The fourth-order valence-electron chi connectivity index (χ4n) is 1.60. The van der Waals surface area contributed by atoms with Gasteiger partial charge in [-0.2, -0.15) is 0 Å². The number of carboxylic acid groups (broad SMARTS) is 1. The van der Waals surface area contributed by atoms with Crippen molar-refractivity contribution in [3.63, 3.8) is 0 Å². The molecule has 0 unspecified atom stereocenters. The van der Waals surface area contributed by atoms with Crippen LogP contribution in [0.4, 0.5) is 4.39 Å². The van der Waals surface area contributed by atoms with E-state index in [1.165, 1.54) is 29.0 Å². The fourth-order valence-corrected chi connectivity index (χ4v) is 1.80. The predicted octanol–water partition coefficient (Wildman–Crippen LogP) is 3.28. The van der Waals surface area contributed by atoms with Crippen LogP contribution in [0, 0.1) is 12.7 Å². The third-order valence-electron chi connectivity index (χ3n) is 2.37. The average Bonchev–Trinajstić information content (AvgIpc) is 2.60. The molecule has 5 heteroatoms. The Kier molecular flexibility index (Phi) is 2.90. The van der Waals surface area contributed by atoms with Gasteiger partial charge in [0, 0.05) is 6.20 Å². The number of nitrogens with zero attached hydrogens (tertiary/aromatic N) is 1. The van der Waals surface area contributed by atoms with E-state index in [2.05, 4.69) is 0 Å². The van der Waals surface area contributed by atoms with Crippen LogP contribution in [-0.4, -0.2) is 15.6 Å². The van der Waals surface area contributed by atoms with Crippen molar-refractivity contribution in [3.05, 3.63) is 52.6 Å². The molecular weight excluding hydrogens is 245 g/mol. The number of aromatic carboxylic acids is 1. The summed E-state index contributed by atoms with van der Waals surface area (Å²) in [5.74, 6) is -1.64. The van der Waals surface area contributed by atoms with E-state index >= 15 is 0 Å². The number of halogens is 2. The van der Waals surface area contributed by atoms with Crippen LogP contribution in [0.15, 0.2) is 30.5 Å². The molecule has 0 bridgehead atoms. The van der Waals surface area contributed by atoms with Crippen LogP contribution in [0.2, 0.25) is 5.02 Å². The van der Waals surface area contributed by atoms with Gasteiger partial charge < -0.3 is 9.67 Å². The fraction of sp³-hybridized carbons (Fsp3) is 0.0833. The molecule has 1 aromatic carbocycles.